The van der Waals surface area contributed by atoms with E-state index in [-0.39, 0.29) is 11.9 Å². The Morgan fingerprint density at radius 2 is 2.42 bits per heavy atom. The first-order valence-electron chi connectivity index (χ1n) is 6.31. The van der Waals surface area contributed by atoms with Gasteiger partial charge in [0.15, 0.2) is 0 Å². The Bertz CT molecular complexity index is 464. The number of rotatable bonds is 4. The highest BCUT2D eigenvalue weighted by atomic mass is 16.5. The molecule has 0 saturated carbocycles. The van der Waals surface area contributed by atoms with Gasteiger partial charge >= 0.3 is 0 Å². The minimum Gasteiger partial charge on any atom is -0.497 e. The van der Waals surface area contributed by atoms with E-state index in [9.17, 15) is 4.79 Å². The van der Waals surface area contributed by atoms with Crippen LogP contribution < -0.4 is 15.8 Å². The van der Waals surface area contributed by atoms with Crippen LogP contribution in [0.25, 0.3) is 0 Å². The number of hydrogen-bond acceptors (Lipinski definition) is 4. The topological polar surface area (TPSA) is 73.6 Å². The summed E-state index contributed by atoms with van der Waals surface area (Å²) in [4.78, 5) is 12.2. The normalized spacial score (nSPS) is 26.2. The Kier molecular flexibility index (Phi) is 4.07. The Labute approximate surface area is 113 Å². The van der Waals surface area contributed by atoms with Crippen LogP contribution in [0, 0.1) is 5.41 Å². The molecule has 0 aliphatic carbocycles. The lowest BCUT2D eigenvalue weighted by Gasteiger charge is -2.25. The predicted octanol–water partition coefficient (Wildman–Crippen LogP) is 0.675. The molecule has 5 nitrogen and oxygen atoms in total. The van der Waals surface area contributed by atoms with Crippen LogP contribution in [0.3, 0.4) is 0 Å². The van der Waals surface area contributed by atoms with E-state index in [2.05, 4.69) is 5.32 Å². The van der Waals surface area contributed by atoms with E-state index in [4.69, 9.17) is 15.2 Å². The molecule has 0 aromatic heterocycles. The minimum atomic E-state index is -0.640. The first-order chi connectivity index (χ1) is 9.06. The van der Waals surface area contributed by atoms with Gasteiger partial charge in [0.1, 0.15) is 5.75 Å². The van der Waals surface area contributed by atoms with Gasteiger partial charge < -0.3 is 20.5 Å². The van der Waals surface area contributed by atoms with E-state index in [0.717, 1.165) is 11.3 Å². The van der Waals surface area contributed by atoms with Crippen molar-refractivity contribution in [2.45, 2.75) is 19.5 Å². The molecule has 1 fully saturated rings. The maximum atomic E-state index is 12.2. The third-order valence-corrected chi connectivity index (χ3v) is 3.62. The number of benzene rings is 1. The monoisotopic (exact) mass is 264 g/mol. The van der Waals surface area contributed by atoms with Crippen molar-refractivity contribution in [3.63, 3.8) is 0 Å². The van der Waals surface area contributed by atoms with E-state index >= 15 is 0 Å². The Hall–Kier alpha value is -1.59. The van der Waals surface area contributed by atoms with Crippen LogP contribution in [-0.4, -0.2) is 32.3 Å². The molecule has 1 aromatic carbocycles. The number of amides is 1. The van der Waals surface area contributed by atoms with E-state index < -0.39 is 5.41 Å². The molecule has 5 heteroatoms. The Morgan fingerprint density at radius 1 is 1.63 bits per heavy atom. The van der Waals surface area contributed by atoms with Crippen LogP contribution in [-0.2, 0) is 16.1 Å². The summed E-state index contributed by atoms with van der Waals surface area (Å²) >= 11 is 0. The number of hydrogen-bond donors (Lipinski definition) is 2. The third-order valence-electron chi connectivity index (χ3n) is 3.62. The van der Waals surface area contributed by atoms with Gasteiger partial charge in [-0.3, -0.25) is 4.79 Å². The molecule has 3 N–H and O–H groups in total. The lowest BCUT2D eigenvalue weighted by molar-refractivity contribution is -0.130. The van der Waals surface area contributed by atoms with Crippen molar-refractivity contribution >= 4 is 5.91 Å². The van der Waals surface area contributed by atoms with Crippen LogP contribution in [0.1, 0.15) is 12.5 Å². The summed E-state index contributed by atoms with van der Waals surface area (Å²) in [6, 6.07) is 7.35. The molecule has 0 bridgehead atoms. The molecule has 0 spiro atoms. The molecule has 0 radical (unpaired) electrons. The van der Waals surface area contributed by atoms with Gasteiger partial charge in [0.25, 0.3) is 0 Å². The van der Waals surface area contributed by atoms with Gasteiger partial charge in [-0.2, -0.15) is 0 Å². The predicted molar refractivity (Wildman–Crippen MR) is 71.7 cm³/mol. The minimum absolute atomic E-state index is 0.0691. The molecule has 1 aromatic rings. The third kappa shape index (κ3) is 2.88. The zero-order valence-corrected chi connectivity index (χ0v) is 11.3. The van der Waals surface area contributed by atoms with Crippen molar-refractivity contribution in [1.82, 2.24) is 5.32 Å². The summed E-state index contributed by atoms with van der Waals surface area (Å²) < 4.78 is 10.4. The SMILES string of the molecule is COc1cccc(CNC(=O)C2(C)COCC2N)c1. The van der Waals surface area contributed by atoms with Gasteiger partial charge in [-0.15, -0.1) is 0 Å². The summed E-state index contributed by atoms with van der Waals surface area (Å²) in [7, 11) is 1.62. The maximum absolute atomic E-state index is 12.2. The fraction of sp³-hybridized carbons (Fsp3) is 0.500. The molecule has 2 unspecified atom stereocenters. The van der Waals surface area contributed by atoms with Crippen molar-refractivity contribution in [2.24, 2.45) is 11.1 Å². The zero-order valence-electron chi connectivity index (χ0n) is 11.3. The quantitative estimate of drug-likeness (QED) is 0.838. The second-order valence-corrected chi connectivity index (χ2v) is 5.07. The highest BCUT2D eigenvalue weighted by Crippen LogP contribution is 2.27. The summed E-state index contributed by atoms with van der Waals surface area (Å²) in [5.41, 5.74) is 6.27. The van der Waals surface area contributed by atoms with E-state index in [0.29, 0.717) is 19.8 Å². The second-order valence-electron chi connectivity index (χ2n) is 5.07. The van der Waals surface area contributed by atoms with Gasteiger partial charge in [0.2, 0.25) is 5.91 Å². The van der Waals surface area contributed by atoms with E-state index in [1.807, 2.05) is 31.2 Å². The van der Waals surface area contributed by atoms with Crippen molar-refractivity contribution < 1.29 is 14.3 Å². The van der Waals surface area contributed by atoms with Crippen molar-refractivity contribution in [3.05, 3.63) is 29.8 Å². The standard InChI is InChI=1S/C14H20N2O3/c1-14(9-19-8-12(14)15)13(17)16-7-10-4-3-5-11(6-10)18-2/h3-6,12H,7-9,15H2,1-2H3,(H,16,17). The Balaban J connectivity index is 1.96. The number of methoxy groups -OCH3 is 1. The number of ether oxygens (including phenoxy) is 2. The number of nitrogens with two attached hydrogens (primary N) is 1. The molecular formula is C14H20N2O3. The molecule has 1 saturated heterocycles. The van der Waals surface area contributed by atoms with Gasteiger partial charge in [0, 0.05) is 12.6 Å². The van der Waals surface area contributed by atoms with E-state index in [1.54, 1.807) is 7.11 Å². The summed E-state index contributed by atoms with van der Waals surface area (Å²) in [6.45, 7) is 3.10. The van der Waals surface area contributed by atoms with Gasteiger partial charge in [-0.1, -0.05) is 12.1 Å². The number of carbonyl (C=O) groups excluding carboxylic acids is 1. The summed E-state index contributed by atoms with van der Waals surface area (Å²) in [5, 5.41) is 2.91. The van der Waals surface area contributed by atoms with Crippen LogP contribution >= 0.6 is 0 Å². The molecule has 19 heavy (non-hydrogen) atoms. The lowest BCUT2D eigenvalue weighted by Crippen LogP contribution is -2.49. The smallest absolute Gasteiger partial charge is 0.230 e. The average molecular weight is 264 g/mol. The lowest BCUT2D eigenvalue weighted by atomic mass is 9.85. The summed E-state index contributed by atoms with van der Waals surface area (Å²) in [6.07, 6.45) is 0. The van der Waals surface area contributed by atoms with Crippen molar-refractivity contribution in [2.75, 3.05) is 20.3 Å². The molecule has 1 aliphatic rings. The zero-order chi connectivity index (χ0) is 13.9. The first kappa shape index (κ1) is 13.8. The Morgan fingerprint density at radius 3 is 3.05 bits per heavy atom. The molecule has 104 valence electrons. The fourth-order valence-electron chi connectivity index (χ4n) is 2.09. The van der Waals surface area contributed by atoms with Crippen molar-refractivity contribution in [1.29, 1.82) is 0 Å². The van der Waals surface area contributed by atoms with Crippen molar-refractivity contribution in [3.8, 4) is 5.75 Å². The summed E-state index contributed by atoms with van der Waals surface area (Å²) in [5.74, 6) is 0.708. The first-order valence-corrected chi connectivity index (χ1v) is 6.31. The molecule has 2 atom stereocenters. The van der Waals surface area contributed by atoms with Crippen LogP contribution in [0.4, 0.5) is 0 Å². The molecule has 1 amide bonds. The highest BCUT2D eigenvalue weighted by Gasteiger charge is 2.44. The van der Waals surface area contributed by atoms with Gasteiger partial charge in [0.05, 0.1) is 25.7 Å². The number of carbonyl (C=O) groups is 1. The molecular weight excluding hydrogens is 244 g/mol. The van der Waals surface area contributed by atoms with Crippen LogP contribution in [0.5, 0.6) is 5.75 Å². The van der Waals surface area contributed by atoms with Crippen LogP contribution in [0.15, 0.2) is 24.3 Å². The van der Waals surface area contributed by atoms with Gasteiger partial charge in [-0.25, -0.2) is 0 Å². The molecule has 1 heterocycles. The largest absolute Gasteiger partial charge is 0.497 e. The highest BCUT2D eigenvalue weighted by molar-refractivity contribution is 5.83. The number of nitrogens with one attached hydrogen (secondary N) is 1. The molecule has 2 rings (SSSR count). The van der Waals surface area contributed by atoms with Gasteiger partial charge in [-0.05, 0) is 24.6 Å². The maximum Gasteiger partial charge on any atom is 0.230 e. The molecule has 1 aliphatic heterocycles. The van der Waals surface area contributed by atoms with E-state index in [1.165, 1.54) is 0 Å². The fourth-order valence-corrected chi connectivity index (χ4v) is 2.09. The second kappa shape index (κ2) is 5.59. The average Bonchev–Trinajstić information content (AvgIpc) is 2.77. The van der Waals surface area contributed by atoms with Crippen LogP contribution in [0.2, 0.25) is 0 Å².